The summed E-state index contributed by atoms with van der Waals surface area (Å²) in [5.41, 5.74) is -3.51. The molecule has 2 aromatic carbocycles. The molecule has 0 saturated carbocycles. The molecule has 1 aliphatic rings. The summed E-state index contributed by atoms with van der Waals surface area (Å²) in [5, 5.41) is 23.1. The number of alkyl halides is 3. The summed E-state index contributed by atoms with van der Waals surface area (Å²) >= 11 is 0. The van der Waals surface area contributed by atoms with Crippen LogP contribution in [0.5, 0.6) is 5.75 Å². The average Bonchev–Trinajstić information content (AvgIpc) is 3.06. The number of amides is 1. The maximum absolute atomic E-state index is 14.0. The van der Waals surface area contributed by atoms with E-state index in [4.69, 9.17) is 4.74 Å². The fourth-order valence-corrected chi connectivity index (χ4v) is 3.94. The first-order chi connectivity index (χ1) is 15.2. The third-order valence-electron chi connectivity index (χ3n) is 5.90. The van der Waals surface area contributed by atoms with Crippen molar-refractivity contribution in [3.05, 3.63) is 58.7 Å². The zero-order chi connectivity index (χ0) is 24.8. The van der Waals surface area contributed by atoms with E-state index in [1.807, 2.05) is 13.8 Å². The molecule has 3 rings (SSSR count). The van der Waals surface area contributed by atoms with E-state index in [0.717, 1.165) is 5.56 Å². The molecule has 178 valence electrons. The molecule has 1 amide bonds. The van der Waals surface area contributed by atoms with Gasteiger partial charge in [-0.3, -0.25) is 4.79 Å². The number of hydrogen-bond donors (Lipinski definition) is 3. The summed E-state index contributed by atoms with van der Waals surface area (Å²) in [6.45, 7) is 6.60. The highest BCUT2D eigenvalue weighted by Crippen LogP contribution is 2.44. The molecule has 0 aliphatic carbocycles. The molecule has 0 saturated heterocycles. The van der Waals surface area contributed by atoms with E-state index >= 15 is 0 Å². The molecule has 0 fully saturated rings. The summed E-state index contributed by atoms with van der Waals surface area (Å²) < 4.78 is 47.0. The molecule has 3 N–H and O–H groups in total. The summed E-state index contributed by atoms with van der Waals surface area (Å²) in [4.78, 5) is 24.3. The molecule has 1 unspecified atom stereocenters. The number of benzene rings is 2. The number of nitrogens with one attached hydrogen (secondary N) is 1. The van der Waals surface area contributed by atoms with Gasteiger partial charge in [0.05, 0.1) is 5.56 Å². The van der Waals surface area contributed by atoms with E-state index in [0.29, 0.717) is 5.56 Å². The van der Waals surface area contributed by atoms with Gasteiger partial charge in [-0.25, -0.2) is 4.79 Å². The van der Waals surface area contributed by atoms with Gasteiger partial charge >= 0.3 is 12.1 Å². The number of rotatable bonds is 6. The van der Waals surface area contributed by atoms with Gasteiger partial charge in [0.1, 0.15) is 12.4 Å². The van der Waals surface area contributed by atoms with Crippen molar-refractivity contribution in [1.29, 1.82) is 0 Å². The number of phenolic OH excluding ortho intramolecular Hbond substituents is 1. The second-order valence-corrected chi connectivity index (χ2v) is 9.25. The number of carbonyl (C=O) groups is 2. The fourth-order valence-electron chi connectivity index (χ4n) is 3.94. The van der Waals surface area contributed by atoms with Gasteiger partial charge in [-0.15, -0.1) is 0 Å². The number of carbonyl (C=O) groups excluding carboxylic acids is 2. The van der Waals surface area contributed by atoms with Gasteiger partial charge in [0.2, 0.25) is 5.60 Å². The smallest absolute Gasteiger partial charge is 0.426 e. The monoisotopic (exact) mass is 465 g/mol. The first-order valence-corrected chi connectivity index (χ1v) is 10.4. The number of cyclic esters (lactones) is 1. The number of esters is 1. The average molecular weight is 465 g/mol. The normalized spacial score (nSPS) is 15.7. The third-order valence-corrected chi connectivity index (χ3v) is 5.90. The Hall–Kier alpha value is -3.07. The number of anilines is 1. The third kappa shape index (κ3) is 4.68. The largest absolute Gasteiger partial charge is 0.508 e. The van der Waals surface area contributed by atoms with E-state index in [9.17, 15) is 33.0 Å². The molecular weight excluding hydrogens is 439 g/mol. The van der Waals surface area contributed by atoms with Gasteiger partial charge in [0.25, 0.3) is 5.91 Å². The Morgan fingerprint density at radius 1 is 1.15 bits per heavy atom. The lowest BCUT2D eigenvalue weighted by Gasteiger charge is -2.37. The quantitative estimate of drug-likeness (QED) is 0.534. The Morgan fingerprint density at radius 3 is 2.42 bits per heavy atom. The van der Waals surface area contributed by atoms with Crippen molar-refractivity contribution < 1.29 is 37.7 Å². The van der Waals surface area contributed by atoms with Crippen molar-refractivity contribution in [3.63, 3.8) is 0 Å². The molecular formula is C24H26F3NO5. The topological polar surface area (TPSA) is 95.9 Å². The lowest BCUT2D eigenvalue weighted by molar-refractivity contribution is -0.254. The fraction of sp³-hybridized carbons (Fsp3) is 0.417. The number of hydrogen-bond acceptors (Lipinski definition) is 5. The number of ether oxygens (including phenoxy) is 1. The molecule has 1 aliphatic heterocycles. The van der Waals surface area contributed by atoms with E-state index < -0.39 is 35.5 Å². The summed E-state index contributed by atoms with van der Waals surface area (Å²) in [7, 11) is 0. The molecule has 1 heterocycles. The minimum atomic E-state index is -5.30. The Balaban J connectivity index is 1.94. The van der Waals surface area contributed by atoms with Crippen LogP contribution in [0, 0.1) is 0 Å². The standard InChI is InChI=1S/C24H26F3NO5/c1-13(2)14-5-8-19(29)18(10-14)22(3,4)12-23(32,24(25,26)27)21(31)28-16-6-7-17-15(9-16)11-33-20(17)30/h5-10,13,29,32H,11-12H2,1-4H3,(H,28,31). The zero-order valence-electron chi connectivity index (χ0n) is 18.7. The van der Waals surface area contributed by atoms with Gasteiger partial charge < -0.3 is 20.3 Å². The Morgan fingerprint density at radius 2 is 1.82 bits per heavy atom. The molecule has 9 heteroatoms. The van der Waals surface area contributed by atoms with E-state index in [1.54, 1.807) is 12.1 Å². The van der Waals surface area contributed by atoms with Gasteiger partial charge in [0, 0.05) is 17.7 Å². The zero-order valence-corrected chi connectivity index (χ0v) is 18.7. The molecule has 0 spiro atoms. The van der Waals surface area contributed by atoms with Crippen LogP contribution in [0.1, 0.15) is 67.1 Å². The first-order valence-electron chi connectivity index (χ1n) is 10.4. The minimum absolute atomic E-state index is 0.0119. The Labute approximate surface area is 189 Å². The Kier molecular flexibility index (Phi) is 6.23. The maximum atomic E-state index is 14.0. The van der Waals surface area contributed by atoms with Crippen LogP contribution >= 0.6 is 0 Å². The highest BCUT2D eigenvalue weighted by molar-refractivity contribution is 5.99. The van der Waals surface area contributed by atoms with Crippen LogP contribution in [0.15, 0.2) is 36.4 Å². The van der Waals surface area contributed by atoms with Crippen LogP contribution in [0.2, 0.25) is 0 Å². The second kappa shape index (κ2) is 8.37. The molecule has 2 aromatic rings. The highest BCUT2D eigenvalue weighted by Gasteiger charge is 2.61. The first kappa shape index (κ1) is 24.6. The number of aliphatic hydroxyl groups is 1. The van der Waals surface area contributed by atoms with Crippen LogP contribution in [0.25, 0.3) is 0 Å². The van der Waals surface area contributed by atoms with Gasteiger partial charge in [-0.2, -0.15) is 13.2 Å². The maximum Gasteiger partial charge on any atom is 0.426 e. The van der Waals surface area contributed by atoms with E-state index in [1.165, 1.54) is 38.1 Å². The predicted molar refractivity (Wildman–Crippen MR) is 115 cm³/mol. The van der Waals surface area contributed by atoms with Gasteiger partial charge in [-0.05, 0) is 46.7 Å². The number of halogens is 3. The summed E-state index contributed by atoms with van der Waals surface area (Å²) in [5.74, 6) is -2.38. The SMILES string of the molecule is CC(C)c1ccc(O)c(C(C)(C)CC(O)(C(=O)Nc2ccc3c(c2)COC3=O)C(F)(F)F)c1. The lowest BCUT2D eigenvalue weighted by Crippen LogP contribution is -2.57. The van der Waals surface area contributed by atoms with Crippen molar-refractivity contribution >= 4 is 17.6 Å². The van der Waals surface area contributed by atoms with Crippen molar-refractivity contribution in [2.45, 2.75) is 63.8 Å². The minimum Gasteiger partial charge on any atom is -0.508 e. The van der Waals surface area contributed by atoms with E-state index in [-0.39, 0.29) is 35.1 Å². The summed E-state index contributed by atoms with van der Waals surface area (Å²) in [6.07, 6.45) is -6.33. The molecule has 0 bridgehead atoms. The van der Waals surface area contributed by atoms with E-state index in [2.05, 4.69) is 5.32 Å². The van der Waals surface area contributed by atoms with Crippen LogP contribution < -0.4 is 5.32 Å². The molecule has 1 atom stereocenters. The number of aromatic hydroxyl groups is 1. The van der Waals surface area contributed by atoms with Gasteiger partial charge in [0.15, 0.2) is 0 Å². The van der Waals surface area contributed by atoms with Crippen LogP contribution in [0.3, 0.4) is 0 Å². The molecule has 0 aromatic heterocycles. The molecule has 0 radical (unpaired) electrons. The lowest BCUT2D eigenvalue weighted by atomic mass is 9.73. The number of phenols is 1. The van der Waals surface area contributed by atoms with Gasteiger partial charge in [-0.1, -0.05) is 39.8 Å². The predicted octanol–water partition coefficient (Wildman–Crippen LogP) is 4.79. The number of fused-ring (bicyclic) bond motifs is 1. The van der Waals surface area contributed by atoms with Crippen LogP contribution in [-0.4, -0.2) is 33.9 Å². The van der Waals surface area contributed by atoms with Crippen molar-refractivity contribution in [2.24, 2.45) is 0 Å². The molecule has 33 heavy (non-hydrogen) atoms. The second-order valence-electron chi connectivity index (χ2n) is 9.25. The van der Waals surface area contributed by atoms with Crippen molar-refractivity contribution in [2.75, 3.05) is 5.32 Å². The Bertz CT molecular complexity index is 1090. The van der Waals surface area contributed by atoms with Crippen molar-refractivity contribution in [1.82, 2.24) is 0 Å². The summed E-state index contributed by atoms with van der Waals surface area (Å²) in [6, 6.07) is 8.59. The van der Waals surface area contributed by atoms with Crippen LogP contribution in [0.4, 0.5) is 18.9 Å². The highest BCUT2D eigenvalue weighted by atomic mass is 19.4. The van der Waals surface area contributed by atoms with Crippen LogP contribution in [-0.2, 0) is 21.6 Å². The molecule has 6 nitrogen and oxygen atoms in total. The van der Waals surface area contributed by atoms with Crippen molar-refractivity contribution in [3.8, 4) is 5.75 Å².